The van der Waals surface area contributed by atoms with Gasteiger partial charge in [0.1, 0.15) is 0 Å². The molecule has 0 spiro atoms. The summed E-state index contributed by atoms with van der Waals surface area (Å²) in [4.78, 5) is 8.58. The highest BCUT2D eigenvalue weighted by Crippen LogP contribution is 1.72. The van der Waals surface area contributed by atoms with Crippen LogP contribution in [-0.4, -0.2) is 19.6 Å². The van der Waals surface area contributed by atoms with Crippen molar-refractivity contribution in [2.75, 3.05) is 13.2 Å². The molecular formula is C7H13NO2. The van der Waals surface area contributed by atoms with Crippen molar-refractivity contribution in [2.24, 2.45) is 5.73 Å². The number of carbonyl (C=O) groups excluding carboxylic acids is 1. The van der Waals surface area contributed by atoms with Crippen LogP contribution in [0.3, 0.4) is 0 Å². The summed E-state index contributed by atoms with van der Waals surface area (Å²) >= 11 is 0. The molecule has 58 valence electrons. The van der Waals surface area contributed by atoms with Gasteiger partial charge in [-0.2, -0.15) is 0 Å². The SMILES string of the molecule is C=CCOCC=C.NC=O. The van der Waals surface area contributed by atoms with E-state index in [1.807, 2.05) is 0 Å². The molecule has 0 bridgehead atoms. The fourth-order valence-electron chi connectivity index (χ4n) is 0.235. The summed E-state index contributed by atoms with van der Waals surface area (Å²) in [5.74, 6) is 0. The quantitative estimate of drug-likeness (QED) is 0.353. The number of rotatable bonds is 4. The number of primary amides is 1. The van der Waals surface area contributed by atoms with Crippen LogP contribution in [0.5, 0.6) is 0 Å². The Morgan fingerprint density at radius 1 is 1.30 bits per heavy atom. The molecule has 0 aliphatic heterocycles. The number of hydrogen-bond donors (Lipinski definition) is 1. The van der Waals surface area contributed by atoms with Crippen LogP contribution in [0.2, 0.25) is 0 Å². The number of ether oxygens (including phenoxy) is 1. The second-order valence-electron chi connectivity index (χ2n) is 1.25. The molecule has 10 heavy (non-hydrogen) atoms. The molecule has 0 radical (unpaired) electrons. The molecule has 0 aliphatic rings. The maximum Gasteiger partial charge on any atom is 0.204 e. The lowest BCUT2D eigenvalue weighted by Gasteiger charge is -1.89. The molecule has 0 saturated carbocycles. The lowest BCUT2D eigenvalue weighted by atomic mass is 10.6. The van der Waals surface area contributed by atoms with Crippen LogP contribution >= 0.6 is 0 Å². The van der Waals surface area contributed by atoms with Crippen molar-refractivity contribution in [3.05, 3.63) is 25.3 Å². The monoisotopic (exact) mass is 143 g/mol. The Bertz CT molecular complexity index is 83.6. The summed E-state index contributed by atoms with van der Waals surface area (Å²) in [6, 6.07) is 0. The van der Waals surface area contributed by atoms with Crippen LogP contribution in [0.4, 0.5) is 0 Å². The minimum Gasteiger partial charge on any atom is -0.373 e. The van der Waals surface area contributed by atoms with Crippen molar-refractivity contribution >= 4 is 6.41 Å². The standard InChI is InChI=1S/C6H10O.CH3NO/c1-3-5-7-6-4-2;2-1-3/h3-4H,1-2,5-6H2;1H,(H2,2,3). The Kier molecular flexibility index (Phi) is 18.3. The zero-order chi connectivity index (χ0) is 8.24. The molecule has 0 saturated heterocycles. The number of carbonyl (C=O) groups is 1. The first kappa shape index (κ1) is 11.7. The predicted octanol–water partition coefficient (Wildman–Crippen LogP) is 0.477. The van der Waals surface area contributed by atoms with Gasteiger partial charge >= 0.3 is 0 Å². The van der Waals surface area contributed by atoms with Gasteiger partial charge in [0.2, 0.25) is 6.41 Å². The molecule has 0 fully saturated rings. The average molecular weight is 143 g/mol. The second kappa shape index (κ2) is 15.7. The van der Waals surface area contributed by atoms with E-state index in [9.17, 15) is 0 Å². The van der Waals surface area contributed by atoms with E-state index in [0.29, 0.717) is 13.2 Å². The summed E-state index contributed by atoms with van der Waals surface area (Å²) in [6.45, 7) is 8.18. The van der Waals surface area contributed by atoms with E-state index in [4.69, 9.17) is 9.53 Å². The molecule has 0 atom stereocenters. The van der Waals surface area contributed by atoms with Crippen LogP contribution in [-0.2, 0) is 9.53 Å². The minimum absolute atomic E-state index is 0.250. The van der Waals surface area contributed by atoms with E-state index in [-0.39, 0.29) is 6.41 Å². The minimum atomic E-state index is 0.250. The van der Waals surface area contributed by atoms with Gasteiger partial charge in [-0.3, -0.25) is 4.79 Å². The van der Waals surface area contributed by atoms with Gasteiger partial charge in [-0.25, -0.2) is 0 Å². The molecule has 0 heterocycles. The Balaban J connectivity index is 0. The highest BCUT2D eigenvalue weighted by Gasteiger charge is 1.70. The van der Waals surface area contributed by atoms with Gasteiger partial charge in [-0.15, -0.1) is 13.2 Å². The van der Waals surface area contributed by atoms with Gasteiger partial charge in [0.15, 0.2) is 0 Å². The Morgan fingerprint density at radius 3 is 1.80 bits per heavy atom. The van der Waals surface area contributed by atoms with Crippen LogP contribution in [0.15, 0.2) is 25.3 Å². The van der Waals surface area contributed by atoms with Crippen molar-refractivity contribution in [1.82, 2.24) is 0 Å². The van der Waals surface area contributed by atoms with E-state index in [2.05, 4.69) is 18.9 Å². The maximum atomic E-state index is 8.58. The summed E-state index contributed by atoms with van der Waals surface area (Å²) in [5.41, 5.74) is 4.17. The first-order valence-electron chi connectivity index (χ1n) is 2.78. The van der Waals surface area contributed by atoms with Crippen molar-refractivity contribution in [3.8, 4) is 0 Å². The molecule has 1 amide bonds. The normalized spacial score (nSPS) is 6.80. The van der Waals surface area contributed by atoms with Crippen LogP contribution in [0.1, 0.15) is 0 Å². The van der Waals surface area contributed by atoms with Gasteiger partial charge in [0.05, 0.1) is 13.2 Å². The lowest BCUT2D eigenvalue weighted by Crippen LogP contribution is -1.87. The fourth-order valence-corrected chi connectivity index (χ4v) is 0.235. The maximum absolute atomic E-state index is 8.58. The van der Waals surface area contributed by atoms with E-state index in [0.717, 1.165) is 0 Å². The van der Waals surface area contributed by atoms with E-state index in [1.54, 1.807) is 12.2 Å². The summed E-state index contributed by atoms with van der Waals surface area (Å²) < 4.78 is 4.90. The Labute approximate surface area is 61.2 Å². The second-order valence-corrected chi connectivity index (χ2v) is 1.25. The first-order chi connectivity index (χ1) is 4.83. The predicted molar refractivity (Wildman–Crippen MR) is 41.5 cm³/mol. The molecule has 0 aromatic rings. The van der Waals surface area contributed by atoms with E-state index < -0.39 is 0 Å². The topological polar surface area (TPSA) is 52.3 Å². The molecule has 0 rings (SSSR count). The molecule has 0 aromatic heterocycles. The molecular weight excluding hydrogens is 130 g/mol. The highest BCUT2D eigenvalue weighted by molar-refractivity contribution is 5.42. The van der Waals surface area contributed by atoms with Crippen molar-refractivity contribution in [1.29, 1.82) is 0 Å². The van der Waals surface area contributed by atoms with Gasteiger partial charge in [0, 0.05) is 0 Å². The lowest BCUT2D eigenvalue weighted by molar-refractivity contribution is -0.106. The van der Waals surface area contributed by atoms with Crippen LogP contribution in [0, 0.1) is 0 Å². The molecule has 0 unspecified atom stereocenters. The van der Waals surface area contributed by atoms with Crippen LogP contribution in [0.25, 0.3) is 0 Å². The number of hydrogen-bond acceptors (Lipinski definition) is 2. The molecule has 0 aromatic carbocycles. The average Bonchev–Trinajstić information content (AvgIpc) is 1.91. The van der Waals surface area contributed by atoms with E-state index in [1.165, 1.54) is 0 Å². The third kappa shape index (κ3) is 28.5. The van der Waals surface area contributed by atoms with Gasteiger partial charge in [0.25, 0.3) is 0 Å². The van der Waals surface area contributed by atoms with E-state index >= 15 is 0 Å². The molecule has 3 heteroatoms. The third-order valence-corrected chi connectivity index (χ3v) is 0.471. The zero-order valence-corrected chi connectivity index (χ0v) is 5.95. The smallest absolute Gasteiger partial charge is 0.204 e. The Morgan fingerprint density at radius 2 is 1.60 bits per heavy atom. The van der Waals surface area contributed by atoms with Gasteiger partial charge in [-0.1, -0.05) is 12.2 Å². The van der Waals surface area contributed by atoms with Gasteiger partial charge in [-0.05, 0) is 0 Å². The van der Waals surface area contributed by atoms with Crippen molar-refractivity contribution < 1.29 is 9.53 Å². The number of nitrogens with two attached hydrogens (primary N) is 1. The van der Waals surface area contributed by atoms with Crippen LogP contribution < -0.4 is 5.73 Å². The molecule has 3 nitrogen and oxygen atoms in total. The Hall–Kier alpha value is -1.09. The molecule has 0 aliphatic carbocycles. The number of amides is 1. The first-order valence-corrected chi connectivity index (χ1v) is 2.78. The molecule has 2 N–H and O–H groups in total. The summed E-state index contributed by atoms with van der Waals surface area (Å²) in [7, 11) is 0. The highest BCUT2D eigenvalue weighted by atomic mass is 16.5. The van der Waals surface area contributed by atoms with Crippen molar-refractivity contribution in [2.45, 2.75) is 0 Å². The largest absolute Gasteiger partial charge is 0.373 e. The van der Waals surface area contributed by atoms with Crippen molar-refractivity contribution in [3.63, 3.8) is 0 Å². The summed E-state index contributed by atoms with van der Waals surface area (Å²) in [5, 5.41) is 0. The fraction of sp³-hybridized carbons (Fsp3) is 0.286. The van der Waals surface area contributed by atoms with Gasteiger partial charge < -0.3 is 10.5 Å². The third-order valence-electron chi connectivity index (χ3n) is 0.471. The summed E-state index contributed by atoms with van der Waals surface area (Å²) in [6.07, 6.45) is 3.67. The zero-order valence-electron chi connectivity index (χ0n) is 5.95.